The summed E-state index contributed by atoms with van der Waals surface area (Å²) in [4.78, 5) is 24.0. The number of amides is 1. The van der Waals surface area contributed by atoms with Gasteiger partial charge >= 0.3 is 5.97 Å². The summed E-state index contributed by atoms with van der Waals surface area (Å²) in [7, 11) is -3.58. The Balaban J connectivity index is 1.95. The Bertz CT molecular complexity index is 986. The highest BCUT2D eigenvalue weighted by Gasteiger charge is 2.21. The van der Waals surface area contributed by atoms with Crippen molar-refractivity contribution in [1.29, 1.82) is 0 Å². The maximum atomic E-state index is 13.5. The molecule has 2 rings (SSSR count). The lowest BCUT2D eigenvalue weighted by Gasteiger charge is -2.18. The van der Waals surface area contributed by atoms with E-state index in [0.29, 0.717) is 24.3 Å². The zero-order valence-corrected chi connectivity index (χ0v) is 17.3. The van der Waals surface area contributed by atoms with Crippen LogP contribution in [0, 0.1) is 12.7 Å². The van der Waals surface area contributed by atoms with Crippen LogP contribution in [-0.2, 0) is 19.6 Å². The van der Waals surface area contributed by atoms with Crippen molar-refractivity contribution in [2.45, 2.75) is 25.7 Å². The van der Waals surface area contributed by atoms with Gasteiger partial charge in [-0.1, -0.05) is 19.9 Å². The minimum Gasteiger partial charge on any atom is -0.452 e. The SMILES string of the molecule is CCN(CC)S(=O)(=O)c1ccc(NC(=O)COC(=O)c2ccc(C)c(F)c2)cc1. The normalized spacial score (nSPS) is 11.3. The quantitative estimate of drug-likeness (QED) is 0.661. The number of benzene rings is 2. The van der Waals surface area contributed by atoms with Crippen molar-refractivity contribution in [3.8, 4) is 0 Å². The summed E-state index contributed by atoms with van der Waals surface area (Å²) < 4.78 is 44.6. The number of carbonyl (C=O) groups excluding carboxylic acids is 2. The second-order valence-corrected chi connectivity index (χ2v) is 8.14. The summed E-state index contributed by atoms with van der Waals surface area (Å²) in [5.41, 5.74) is 0.753. The minimum atomic E-state index is -3.58. The van der Waals surface area contributed by atoms with Gasteiger partial charge in [-0.05, 0) is 48.9 Å². The van der Waals surface area contributed by atoms with Crippen molar-refractivity contribution >= 4 is 27.6 Å². The molecule has 0 saturated carbocycles. The average Bonchev–Trinajstić information content (AvgIpc) is 2.69. The van der Waals surface area contributed by atoms with Crippen LogP contribution in [0.25, 0.3) is 0 Å². The van der Waals surface area contributed by atoms with Crippen molar-refractivity contribution in [3.05, 3.63) is 59.4 Å². The summed E-state index contributed by atoms with van der Waals surface area (Å²) in [6.45, 7) is 5.22. The zero-order valence-electron chi connectivity index (χ0n) is 16.4. The van der Waals surface area contributed by atoms with E-state index in [1.54, 1.807) is 20.8 Å². The standard InChI is InChI=1S/C20H23FN2O5S/c1-4-23(5-2)29(26,27)17-10-8-16(9-11-17)22-19(24)13-28-20(25)15-7-6-14(3)18(21)12-15/h6-12H,4-5,13H2,1-3H3,(H,22,24). The summed E-state index contributed by atoms with van der Waals surface area (Å²) in [6, 6.07) is 9.59. The van der Waals surface area contributed by atoms with Gasteiger partial charge in [-0.15, -0.1) is 0 Å². The maximum absolute atomic E-state index is 13.5. The number of nitrogens with zero attached hydrogens (tertiary/aromatic N) is 1. The number of anilines is 1. The van der Waals surface area contributed by atoms with Crippen LogP contribution in [0.4, 0.5) is 10.1 Å². The van der Waals surface area contributed by atoms with Crippen molar-refractivity contribution in [3.63, 3.8) is 0 Å². The van der Waals surface area contributed by atoms with Gasteiger partial charge in [-0.3, -0.25) is 4.79 Å². The van der Waals surface area contributed by atoms with E-state index >= 15 is 0 Å². The molecule has 1 amide bonds. The van der Waals surface area contributed by atoms with Gasteiger partial charge in [0, 0.05) is 18.8 Å². The molecule has 0 fully saturated rings. The van der Waals surface area contributed by atoms with Gasteiger partial charge in [0.15, 0.2) is 6.61 Å². The molecule has 0 bridgehead atoms. The first-order chi connectivity index (χ1) is 13.7. The lowest BCUT2D eigenvalue weighted by molar-refractivity contribution is -0.119. The molecule has 0 unspecified atom stereocenters. The Hall–Kier alpha value is -2.78. The molecule has 0 saturated heterocycles. The number of halogens is 1. The first-order valence-corrected chi connectivity index (χ1v) is 10.5. The fourth-order valence-corrected chi connectivity index (χ4v) is 4.01. The predicted octanol–water partition coefficient (Wildman–Crippen LogP) is 2.96. The number of sulfonamides is 1. The number of nitrogens with one attached hydrogen (secondary N) is 1. The monoisotopic (exact) mass is 422 g/mol. The van der Waals surface area contributed by atoms with Crippen LogP contribution in [0.1, 0.15) is 29.8 Å². The van der Waals surface area contributed by atoms with Crippen LogP contribution >= 0.6 is 0 Å². The zero-order chi connectivity index (χ0) is 21.6. The van der Waals surface area contributed by atoms with Crippen LogP contribution < -0.4 is 5.32 Å². The second kappa shape index (κ2) is 9.62. The largest absolute Gasteiger partial charge is 0.452 e. The molecule has 0 aliphatic heterocycles. The molecule has 7 nitrogen and oxygen atoms in total. The number of carbonyl (C=O) groups is 2. The van der Waals surface area contributed by atoms with Gasteiger partial charge in [0.25, 0.3) is 5.91 Å². The predicted molar refractivity (Wildman–Crippen MR) is 107 cm³/mol. The lowest BCUT2D eigenvalue weighted by atomic mass is 10.1. The maximum Gasteiger partial charge on any atom is 0.338 e. The molecular weight excluding hydrogens is 399 g/mol. The van der Waals surface area contributed by atoms with Crippen molar-refractivity contribution in [1.82, 2.24) is 4.31 Å². The number of aryl methyl sites for hydroxylation is 1. The number of esters is 1. The van der Waals surface area contributed by atoms with Gasteiger partial charge in [-0.2, -0.15) is 4.31 Å². The number of rotatable bonds is 8. The first-order valence-electron chi connectivity index (χ1n) is 9.02. The Morgan fingerprint density at radius 1 is 1.07 bits per heavy atom. The molecule has 9 heteroatoms. The van der Waals surface area contributed by atoms with Crippen LogP contribution in [0.5, 0.6) is 0 Å². The highest BCUT2D eigenvalue weighted by molar-refractivity contribution is 7.89. The first kappa shape index (κ1) is 22.5. The van der Waals surface area contributed by atoms with E-state index in [0.717, 1.165) is 6.07 Å². The van der Waals surface area contributed by atoms with Crippen LogP contribution in [0.15, 0.2) is 47.4 Å². The molecular formula is C20H23FN2O5S. The molecule has 0 spiro atoms. The highest BCUT2D eigenvalue weighted by atomic mass is 32.2. The molecule has 0 aliphatic rings. The average molecular weight is 422 g/mol. The topological polar surface area (TPSA) is 92.8 Å². The Morgan fingerprint density at radius 2 is 1.69 bits per heavy atom. The van der Waals surface area contributed by atoms with Gasteiger partial charge < -0.3 is 10.1 Å². The Kier molecular flexibility index (Phi) is 7.46. The Morgan fingerprint density at radius 3 is 2.24 bits per heavy atom. The molecule has 1 N–H and O–H groups in total. The van der Waals surface area contributed by atoms with Crippen molar-refractivity contribution in [2.75, 3.05) is 25.0 Å². The molecule has 0 radical (unpaired) electrons. The smallest absolute Gasteiger partial charge is 0.338 e. The van der Waals surface area contributed by atoms with Crippen LogP contribution in [0.3, 0.4) is 0 Å². The third-order valence-electron chi connectivity index (χ3n) is 4.22. The molecule has 2 aromatic rings. The van der Waals surface area contributed by atoms with E-state index < -0.39 is 34.3 Å². The number of ether oxygens (including phenoxy) is 1. The summed E-state index contributed by atoms with van der Waals surface area (Å²) >= 11 is 0. The third-order valence-corrected chi connectivity index (χ3v) is 6.29. The third kappa shape index (κ3) is 5.61. The molecule has 0 aliphatic carbocycles. The molecule has 0 heterocycles. The molecule has 2 aromatic carbocycles. The molecule has 0 atom stereocenters. The van der Waals surface area contributed by atoms with Crippen LogP contribution in [-0.4, -0.2) is 44.3 Å². The van der Waals surface area contributed by atoms with E-state index in [-0.39, 0.29) is 10.5 Å². The van der Waals surface area contributed by atoms with Gasteiger partial charge in [0.1, 0.15) is 5.82 Å². The summed E-state index contributed by atoms with van der Waals surface area (Å²) in [6.07, 6.45) is 0. The van der Waals surface area contributed by atoms with E-state index in [4.69, 9.17) is 4.74 Å². The van der Waals surface area contributed by atoms with E-state index in [2.05, 4.69) is 5.32 Å². The van der Waals surface area contributed by atoms with E-state index in [1.807, 2.05) is 0 Å². The van der Waals surface area contributed by atoms with Gasteiger partial charge in [0.2, 0.25) is 10.0 Å². The number of hydrogen-bond acceptors (Lipinski definition) is 5. The molecule has 0 aromatic heterocycles. The second-order valence-electron chi connectivity index (χ2n) is 6.20. The minimum absolute atomic E-state index is 0.00635. The molecule has 156 valence electrons. The number of hydrogen-bond donors (Lipinski definition) is 1. The Labute approximate surface area is 169 Å². The highest BCUT2D eigenvalue weighted by Crippen LogP contribution is 2.18. The van der Waals surface area contributed by atoms with Gasteiger partial charge in [-0.25, -0.2) is 17.6 Å². The fourth-order valence-electron chi connectivity index (χ4n) is 2.55. The van der Waals surface area contributed by atoms with E-state index in [9.17, 15) is 22.4 Å². The van der Waals surface area contributed by atoms with E-state index in [1.165, 1.54) is 40.7 Å². The lowest BCUT2D eigenvalue weighted by Crippen LogP contribution is -2.30. The summed E-state index contributed by atoms with van der Waals surface area (Å²) in [5.74, 6) is -1.96. The summed E-state index contributed by atoms with van der Waals surface area (Å²) in [5, 5.41) is 2.51. The van der Waals surface area contributed by atoms with Gasteiger partial charge in [0.05, 0.1) is 10.5 Å². The van der Waals surface area contributed by atoms with Crippen molar-refractivity contribution in [2.24, 2.45) is 0 Å². The van der Waals surface area contributed by atoms with Crippen molar-refractivity contribution < 1.29 is 27.1 Å². The fraction of sp³-hybridized carbons (Fsp3) is 0.300. The van der Waals surface area contributed by atoms with Crippen LogP contribution in [0.2, 0.25) is 0 Å². The molecule has 29 heavy (non-hydrogen) atoms.